The molecule has 2 aliphatic rings. The van der Waals surface area contributed by atoms with Crippen LogP contribution >= 0.6 is 11.3 Å². The third kappa shape index (κ3) is 6.12. The molecule has 188 valence electrons. The summed E-state index contributed by atoms with van der Waals surface area (Å²) >= 11 is 1.31. The van der Waals surface area contributed by atoms with Gasteiger partial charge in [0.15, 0.2) is 0 Å². The molecular weight excluding hydrogens is 487 g/mol. The lowest BCUT2D eigenvalue weighted by Gasteiger charge is -2.42. The van der Waals surface area contributed by atoms with E-state index in [0.717, 1.165) is 0 Å². The first-order chi connectivity index (χ1) is 16.6. The van der Waals surface area contributed by atoms with Crippen LogP contribution in [0.2, 0.25) is 0 Å². The largest absolute Gasteiger partial charge is 0.490 e. The Kier molecular flexibility index (Phi) is 7.31. The van der Waals surface area contributed by atoms with Crippen LogP contribution in [0, 0.1) is 0 Å². The van der Waals surface area contributed by atoms with Crippen molar-refractivity contribution >= 4 is 34.7 Å². The van der Waals surface area contributed by atoms with Gasteiger partial charge in [-0.15, -0.1) is 11.3 Å². The summed E-state index contributed by atoms with van der Waals surface area (Å²) in [4.78, 5) is 39.6. The van der Waals surface area contributed by atoms with E-state index in [9.17, 15) is 27.6 Å². The first kappa shape index (κ1) is 25.0. The number of carbonyl (C=O) groups is 3. The molecule has 0 unspecified atom stereocenters. The van der Waals surface area contributed by atoms with Gasteiger partial charge in [-0.3, -0.25) is 14.4 Å². The molecule has 3 atom stereocenters. The minimum Gasteiger partial charge on any atom is -0.490 e. The third-order valence-corrected chi connectivity index (χ3v) is 6.78. The van der Waals surface area contributed by atoms with E-state index in [-0.39, 0.29) is 30.9 Å². The van der Waals surface area contributed by atoms with Crippen LogP contribution in [0.5, 0.6) is 5.75 Å². The van der Waals surface area contributed by atoms with E-state index in [0.29, 0.717) is 34.7 Å². The number of amides is 3. The molecule has 0 radical (unpaired) electrons. The van der Waals surface area contributed by atoms with Crippen molar-refractivity contribution in [3.8, 4) is 5.75 Å². The summed E-state index contributed by atoms with van der Waals surface area (Å²) < 4.78 is 48.8. The van der Waals surface area contributed by atoms with Gasteiger partial charge in [0.05, 0.1) is 29.0 Å². The molecule has 1 aromatic heterocycles. The first-order valence-corrected chi connectivity index (χ1v) is 11.9. The SMILES string of the molecule is CN1C(=O)c2cc(NC(=O)c3cccs3)ccc2OC[C@@H]2O[C@@H](CC(=O)NCC(F)(F)F)CC[C@H]21. The van der Waals surface area contributed by atoms with Gasteiger partial charge in [0.1, 0.15) is 25.0 Å². The minimum absolute atomic E-state index is 0.0941. The second kappa shape index (κ2) is 10.2. The molecule has 12 heteroatoms. The fourth-order valence-corrected chi connectivity index (χ4v) is 4.80. The molecule has 35 heavy (non-hydrogen) atoms. The Morgan fingerprint density at radius 2 is 2.03 bits per heavy atom. The van der Waals surface area contributed by atoms with Crippen molar-refractivity contribution in [2.24, 2.45) is 0 Å². The van der Waals surface area contributed by atoms with Crippen molar-refractivity contribution < 1.29 is 37.0 Å². The zero-order chi connectivity index (χ0) is 25.2. The number of carbonyl (C=O) groups excluding carboxylic acids is 3. The Hall–Kier alpha value is -3.12. The van der Waals surface area contributed by atoms with Crippen LogP contribution in [-0.2, 0) is 9.53 Å². The van der Waals surface area contributed by atoms with E-state index in [4.69, 9.17) is 9.47 Å². The number of benzene rings is 1. The van der Waals surface area contributed by atoms with Crippen LogP contribution in [-0.4, -0.2) is 67.2 Å². The Morgan fingerprint density at radius 1 is 1.23 bits per heavy atom. The monoisotopic (exact) mass is 511 g/mol. The van der Waals surface area contributed by atoms with Gasteiger partial charge in [-0.25, -0.2) is 0 Å². The number of fused-ring (bicyclic) bond motifs is 2. The molecule has 1 fully saturated rings. The van der Waals surface area contributed by atoms with Crippen molar-refractivity contribution in [3.05, 3.63) is 46.2 Å². The number of alkyl halides is 3. The number of anilines is 1. The number of ether oxygens (including phenoxy) is 2. The molecule has 2 N–H and O–H groups in total. The van der Waals surface area contributed by atoms with Crippen LogP contribution in [0.3, 0.4) is 0 Å². The average molecular weight is 512 g/mol. The number of hydrogen-bond donors (Lipinski definition) is 2. The van der Waals surface area contributed by atoms with Gasteiger partial charge in [0.2, 0.25) is 5.91 Å². The number of rotatable bonds is 5. The van der Waals surface area contributed by atoms with Crippen LogP contribution in [0.4, 0.5) is 18.9 Å². The zero-order valence-electron chi connectivity index (χ0n) is 18.8. The van der Waals surface area contributed by atoms with Crippen molar-refractivity contribution in [2.75, 3.05) is 25.5 Å². The van der Waals surface area contributed by atoms with Gasteiger partial charge < -0.3 is 25.0 Å². The third-order valence-electron chi connectivity index (χ3n) is 5.91. The molecule has 2 aromatic rings. The maximum absolute atomic E-state index is 13.3. The van der Waals surface area contributed by atoms with Gasteiger partial charge >= 0.3 is 6.18 Å². The van der Waals surface area contributed by atoms with E-state index in [1.165, 1.54) is 11.3 Å². The number of halogens is 3. The number of thiophene rings is 1. The molecule has 1 aromatic carbocycles. The van der Waals surface area contributed by atoms with Crippen LogP contribution in [0.25, 0.3) is 0 Å². The molecule has 2 aliphatic heterocycles. The molecule has 0 aliphatic carbocycles. The zero-order valence-corrected chi connectivity index (χ0v) is 19.6. The summed E-state index contributed by atoms with van der Waals surface area (Å²) in [7, 11) is 1.64. The lowest BCUT2D eigenvalue weighted by molar-refractivity contribution is -0.144. The molecule has 0 saturated carbocycles. The summed E-state index contributed by atoms with van der Waals surface area (Å²) in [6.45, 7) is -1.30. The minimum atomic E-state index is -4.48. The lowest BCUT2D eigenvalue weighted by Crippen LogP contribution is -2.54. The summed E-state index contributed by atoms with van der Waals surface area (Å²) in [6, 6.07) is 7.93. The molecule has 3 heterocycles. The lowest BCUT2D eigenvalue weighted by atomic mass is 9.94. The molecule has 3 amide bonds. The van der Waals surface area contributed by atoms with Crippen molar-refractivity contribution in [1.82, 2.24) is 10.2 Å². The quantitative estimate of drug-likeness (QED) is 0.641. The maximum Gasteiger partial charge on any atom is 0.405 e. The van der Waals surface area contributed by atoms with Gasteiger partial charge in [-0.2, -0.15) is 13.2 Å². The normalized spacial score (nSPS) is 22.2. The summed E-state index contributed by atoms with van der Waals surface area (Å²) in [5.41, 5.74) is 0.748. The topological polar surface area (TPSA) is 97.0 Å². The van der Waals surface area contributed by atoms with E-state index in [1.807, 2.05) is 5.32 Å². The Morgan fingerprint density at radius 3 is 2.74 bits per heavy atom. The fourth-order valence-electron chi connectivity index (χ4n) is 4.18. The van der Waals surface area contributed by atoms with Crippen molar-refractivity contribution in [2.45, 2.75) is 43.7 Å². The highest BCUT2D eigenvalue weighted by atomic mass is 32.1. The smallest absolute Gasteiger partial charge is 0.405 e. The summed E-state index contributed by atoms with van der Waals surface area (Å²) in [5, 5.41) is 6.43. The van der Waals surface area contributed by atoms with Crippen molar-refractivity contribution in [3.63, 3.8) is 0 Å². The number of hydrogen-bond acceptors (Lipinski definition) is 6. The van der Waals surface area contributed by atoms with Gasteiger partial charge in [0.25, 0.3) is 11.8 Å². The fraction of sp³-hybridized carbons (Fsp3) is 0.435. The standard InChI is InChI=1S/C23H24F3N3O5S/c1-29-16-6-5-14(10-20(30)27-12-23(24,25)26)34-18(16)11-33-17-7-4-13(9-15(17)22(29)32)28-21(31)19-3-2-8-35-19/h2-4,7-9,14,16,18H,5-6,10-12H2,1H3,(H,27,30)(H,28,31)/t14-,16-,18+/m1/s1. The highest BCUT2D eigenvalue weighted by Crippen LogP contribution is 2.32. The van der Waals surface area contributed by atoms with Crippen LogP contribution in [0.15, 0.2) is 35.7 Å². The molecule has 0 bridgehead atoms. The summed E-state index contributed by atoms with van der Waals surface area (Å²) in [5.74, 6) is -1.02. The average Bonchev–Trinajstić information content (AvgIpc) is 3.35. The van der Waals surface area contributed by atoms with E-state index in [2.05, 4.69) is 5.32 Å². The van der Waals surface area contributed by atoms with Gasteiger partial charge in [0, 0.05) is 12.7 Å². The van der Waals surface area contributed by atoms with Crippen LogP contribution < -0.4 is 15.4 Å². The predicted molar refractivity (Wildman–Crippen MR) is 122 cm³/mol. The van der Waals surface area contributed by atoms with Crippen LogP contribution in [0.1, 0.15) is 39.3 Å². The molecule has 4 rings (SSSR count). The van der Waals surface area contributed by atoms with E-state index in [1.54, 1.807) is 47.7 Å². The van der Waals surface area contributed by atoms with E-state index < -0.39 is 30.8 Å². The van der Waals surface area contributed by atoms with Gasteiger partial charge in [-0.1, -0.05) is 6.07 Å². The van der Waals surface area contributed by atoms with Crippen molar-refractivity contribution in [1.29, 1.82) is 0 Å². The Bertz CT molecular complexity index is 1090. The number of likely N-dealkylation sites (N-methyl/N-ethyl adjacent to an activating group) is 1. The molecular formula is C23H24F3N3O5S. The second-order valence-electron chi connectivity index (χ2n) is 8.41. The molecule has 1 saturated heterocycles. The highest BCUT2D eigenvalue weighted by molar-refractivity contribution is 7.12. The number of nitrogens with one attached hydrogen (secondary N) is 2. The van der Waals surface area contributed by atoms with Gasteiger partial charge in [-0.05, 0) is 42.5 Å². The maximum atomic E-state index is 13.3. The Labute approximate surface area is 203 Å². The summed E-state index contributed by atoms with van der Waals surface area (Å²) in [6.07, 6.45) is -4.92. The highest BCUT2D eigenvalue weighted by Gasteiger charge is 2.39. The first-order valence-electron chi connectivity index (χ1n) is 11.0. The number of nitrogens with zero attached hydrogens (tertiary/aromatic N) is 1. The predicted octanol–water partition coefficient (Wildman–Crippen LogP) is 3.45. The molecule has 8 nitrogen and oxygen atoms in total. The molecule has 0 spiro atoms. The Balaban J connectivity index is 1.43. The second-order valence-corrected chi connectivity index (χ2v) is 9.35. The van der Waals surface area contributed by atoms with E-state index >= 15 is 0 Å².